The summed E-state index contributed by atoms with van der Waals surface area (Å²) in [6.45, 7) is 17.0. The molecule has 4 heterocycles. The summed E-state index contributed by atoms with van der Waals surface area (Å²) in [6.07, 6.45) is -7.68. The van der Waals surface area contributed by atoms with Crippen molar-refractivity contribution >= 4 is 11.8 Å². The average molecular weight is 700 g/mol. The lowest BCUT2D eigenvalue weighted by Gasteiger charge is -2.48. The highest BCUT2D eigenvalue weighted by Gasteiger charge is 2.56. The Kier molecular flexibility index (Phi) is 12.1. The number of nitrogens with zero attached hydrogens (tertiary/aromatic N) is 1. The highest BCUT2D eigenvalue weighted by molar-refractivity contribution is 6.04. The Morgan fingerprint density at radius 1 is 0.939 bits per heavy atom. The summed E-state index contributed by atoms with van der Waals surface area (Å²) in [4.78, 5) is 29.7. The van der Waals surface area contributed by atoms with Gasteiger partial charge < -0.3 is 53.7 Å². The monoisotopic (exact) mass is 699 g/mol. The zero-order valence-electron chi connectivity index (χ0n) is 31.3. The number of hydrogen-bond acceptors (Lipinski definition) is 13. The lowest BCUT2D eigenvalue weighted by molar-refractivity contribution is -0.316. The van der Waals surface area contributed by atoms with Crippen LogP contribution < -0.4 is 0 Å². The molecule has 4 N–H and O–H groups in total. The van der Waals surface area contributed by atoms with Crippen molar-refractivity contribution in [2.45, 2.75) is 173 Å². The van der Waals surface area contributed by atoms with Crippen LogP contribution in [0.3, 0.4) is 0 Å². The van der Waals surface area contributed by atoms with E-state index in [0.29, 0.717) is 24.2 Å². The maximum Gasteiger partial charge on any atom is 0.311 e. The van der Waals surface area contributed by atoms with Crippen molar-refractivity contribution < 1.29 is 58.4 Å². The SMILES string of the molecule is CC[C@@H]1OC(=O)[C@H](C)[C@H](O[C@H]2C[C@@](C)(O)[C@@H](O)[C@H](C)O2)[C@@H](C)[C@@H](O[C@@H]2O[C@H](C)C[C@H](N(C)C)[C@H]2O)[C@@](C)(O)C[C@@H](C)C2=C(C)C(=O)[C@@]1(C)O2. The fourth-order valence-electron chi connectivity index (χ4n) is 8.40. The van der Waals surface area contributed by atoms with E-state index in [4.69, 9.17) is 28.4 Å². The number of cyclic esters (lactones) is 1. The summed E-state index contributed by atoms with van der Waals surface area (Å²) in [7, 11) is 3.74. The Hall–Kier alpha value is -1.68. The highest BCUT2D eigenvalue weighted by Crippen LogP contribution is 2.44. The van der Waals surface area contributed by atoms with E-state index >= 15 is 0 Å². The molecule has 13 heteroatoms. The summed E-state index contributed by atoms with van der Waals surface area (Å²) in [5, 5.41) is 45.5. The normalized spacial score (nSPS) is 48.8. The lowest BCUT2D eigenvalue weighted by Crippen LogP contribution is -2.60. The first-order valence-electron chi connectivity index (χ1n) is 17.8. The predicted molar refractivity (Wildman–Crippen MR) is 178 cm³/mol. The van der Waals surface area contributed by atoms with Crippen molar-refractivity contribution in [3.63, 3.8) is 0 Å². The predicted octanol–water partition coefficient (Wildman–Crippen LogP) is 2.45. The van der Waals surface area contributed by atoms with Crippen molar-refractivity contribution in [3.05, 3.63) is 11.3 Å². The number of ether oxygens (including phenoxy) is 6. The number of Topliss-reactive ketones (excluding diaryl/α,β-unsaturated/α-hetero) is 1. The molecular formula is C36H61NO12. The zero-order chi connectivity index (χ0) is 37.0. The summed E-state index contributed by atoms with van der Waals surface area (Å²) >= 11 is 0. The molecule has 3 saturated heterocycles. The van der Waals surface area contributed by atoms with Crippen LogP contribution in [-0.4, -0.2) is 129 Å². The van der Waals surface area contributed by atoms with E-state index in [1.807, 2.05) is 39.8 Å². The molecule has 0 spiro atoms. The minimum absolute atomic E-state index is 0.0814. The van der Waals surface area contributed by atoms with Gasteiger partial charge >= 0.3 is 5.97 Å². The minimum atomic E-state index is -1.65. The Morgan fingerprint density at radius 2 is 1.57 bits per heavy atom. The van der Waals surface area contributed by atoms with Crippen LogP contribution in [0.1, 0.15) is 94.9 Å². The Balaban J connectivity index is 1.82. The first kappa shape index (κ1) is 40.1. The van der Waals surface area contributed by atoms with Crippen LogP contribution in [0, 0.1) is 17.8 Å². The standard InChI is InChI=1S/C36H61NO12/c1-13-24-36(10)29(39)19(4)27(49-36)17(2)15-35(9,43)31(48-33-26(38)23(37(11)12)14-18(3)44-33)20(5)28(21(6)32(41)46-24)47-25-16-34(8,42)30(40)22(7)45-25/h17-18,20-26,28,30-31,33,38,40,42-43H,13-16H2,1-12H3/t17-,18-,20-,21-,22+,23+,24+,25+,26-,28-,30+,31-,33+,34-,35+,36+/m1/s1. The number of hydrogen-bond donors (Lipinski definition) is 4. The van der Waals surface area contributed by atoms with E-state index in [0.717, 1.165) is 0 Å². The fraction of sp³-hybridized carbons (Fsp3) is 0.889. The van der Waals surface area contributed by atoms with Gasteiger partial charge in [-0.05, 0) is 81.8 Å². The molecule has 0 aromatic rings. The third-order valence-electron chi connectivity index (χ3n) is 11.3. The van der Waals surface area contributed by atoms with Crippen LogP contribution in [-0.2, 0) is 38.0 Å². The van der Waals surface area contributed by atoms with Gasteiger partial charge in [-0.2, -0.15) is 0 Å². The Labute approximate surface area is 291 Å². The van der Waals surface area contributed by atoms with Gasteiger partial charge in [-0.25, -0.2) is 0 Å². The largest absolute Gasteiger partial charge is 0.479 e. The molecule has 0 amide bonds. The minimum Gasteiger partial charge on any atom is -0.479 e. The van der Waals surface area contributed by atoms with Gasteiger partial charge in [-0.3, -0.25) is 9.59 Å². The number of likely N-dealkylation sites (N-methyl/N-ethyl adjacent to an activating group) is 1. The van der Waals surface area contributed by atoms with Crippen molar-refractivity contribution in [1.29, 1.82) is 0 Å². The number of aliphatic hydroxyl groups excluding tert-OH is 2. The first-order valence-corrected chi connectivity index (χ1v) is 17.8. The van der Waals surface area contributed by atoms with Gasteiger partial charge in [-0.1, -0.05) is 20.8 Å². The van der Waals surface area contributed by atoms with E-state index < -0.39 is 89.7 Å². The average Bonchev–Trinajstić information content (AvgIpc) is 3.24. The summed E-state index contributed by atoms with van der Waals surface area (Å²) in [5.74, 6) is -2.77. The van der Waals surface area contributed by atoms with E-state index in [1.165, 1.54) is 6.92 Å². The fourth-order valence-corrected chi connectivity index (χ4v) is 8.40. The van der Waals surface area contributed by atoms with Gasteiger partial charge in [0.15, 0.2) is 12.6 Å². The number of rotatable bonds is 6. The Bertz CT molecular complexity index is 1240. The van der Waals surface area contributed by atoms with Crippen molar-refractivity contribution in [1.82, 2.24) is 4.90 Å². The quantitative estimate of drug-likeness (QED) is 0.298. The van der Waals surface area contributed by atoms with Crippen LogP contribution in [0.4, 0.5) is 0 Å². The number of esters is 1. The summed E-state index contributed by atoms with van der Waals surface area (Å²) in [6, 6.07) is -0.288. The number of aliphatic hydroxyl groups is 4. The van der Waals surface area contributed by atoms with Crippen molar-refractivity contribution in [2.24, 2.45) is 17.8 Å². The van der Waals surface area contributed by atoms with E-state index in [-0.39, 0.29) is 30.8 Å². The molecule has 2 bridgehead atoms. The molecule has 282 valence electrons. The number of carbonyl (C=O) groups is 2. The van der Waals surface area contributed by atoms with Gasteiger partial charge in [0.25, 0.3) is 0 Å². The maximum absolute atomic E-state index is 14.1. The second-order valence-electron chi connectivity index (χ2n) is 16.0. The van der Waals surface area contributed by atoms with Crippen LogP contribution in [0.2, 0.25) is 0 Å². The molecular weight excluding hydrogens is 638 g/mol. The van der Waals surface area contributed by atoms with Gasteiger partial charge in [0.1, 0.15) is 24.1 Å². The number of carbonyl (C=O) groups excluding carboxylic acids is 2. The second-order valence-corrected chi connectivity index (χ2v) is 16.0. The van der Waals surface area contributed by atoms with Gasteiger partial charge in [0.05, 0.1) is 41.5 Å². The molecule has 0 saturated carbocycles. The molecule has 49 heavy (non-hydrogen) atoms. The molecule has 4 aliphatic heterocycles. The van der Waals surface area contributed by atoms with E-state index in [9.17, 15) is 30.0 Å². The van der Waals surface area contributed by atoms with Crippen LogP contribution >= 0.6 is 0 Å². The van der Waals surface area contributed by atoms with E-state index in [2.05, 4.69) is 0 Å². The molecule has 4 aliphatic rings. The van der Waals surface area contributed by atoms with Crippen LogP contribution in [0.15, 0.2) is 11.3 Å². The molecule has 0 aromatic carbocycles. The highest BCUT2D eigenvalue weighted by atomic mass is 16.7. The van der Waals surface area contributed by atoms with Gasteiger partial charge in [-0.15, -0.1) is 0 Å². The van der Waals surface area contributed by atoms with Crippen molar-refractivity contribution in [3.8, 4) is 0 Å². The molecule has 0 unspecified atom stereocenters. The number of ketones is 1. The summed E-state index contributed by atoms with van der Waals surface area (Å²) in [5.41, 5.74) is -4.26. The molecule has 16 atom stereocenters. The molecule has 3 fully saturated rings. The molecule has 0 radical (unpaired) electrons. The number of fused-ring (bicyclic) bond motifs is 2. The molecule has 13 nitrogen and oxygen atoms in total. The van der Waals surface area contributed by atoms with Crippen molar-refractivity contribution in [2.75, 3.05) is 14.1 Å². The topological polar surface area (TPSA) is 174 Å². The maximum atomic E-state index is 14.1. The third kappa shape index (κ3) is 7.90. The first-order chi connectivity index (χ1) is 22.5. The lowest BCUT2D eigenvalue weighted by atomic mass is 9.77. The van der Waals surface area contributed by atoms with Gasteiger partial charge in [0, 0.05) is 29.9 Å². The summed E-state index contributed by atoms with van der Waals surface area (Å²) < 4.78 is 37.8. The zero-order valence-corrected chi connectivity index (χ0v) is 31.3. The molecule has 0 aliphatic carbocycles. The van der Waals surface area contributed by atoms with Gasteiger partial charge in [0.2, 0.25) is 11.4 Å². The van der Waals surface area contributed by atoms with E-state index in [1.54, 1.807) is 41.5 Å². The van der Waals surface area contributed by atoms with Crippen LogP contribution in [0.25, 0.3) is 0 Å². The smallest absolute Gasteiger partial charge is 0.311 e. The third-order valence-corrected chi connectivity index (χ3v) is 11.3. The number of allylic oxidation sites excluding steroid dienone is 1. The second kappa shape index (κ2) is 14.7. The molecule has 4 rings (SSSR count). The van der Waals surface area contributed by atoms with Crippen LogP contribution in [0.5, 0.6) is 0 Å². The molecule has 0 aromatic heterocycles. The Morgan fingerprint density at radius 3 is 2.14 bits per heavy atom.